The summed E-state index contributed by atoms with van der Waals surface area (Å²) in [6.07, 6.45) is 26.5. The topological polar surface area (TPSA) is 0 Å². The molecule has 0 bridgehead atoms. The van der Waals surface area contributed by atoms with Crippen molar-refractivity contribution >= 4 is 0 Å². The Labute approximate surface area is 207 Å². The van der Waals surface area contributed by atoms with Gasteiger partial charge in [0.25, 0.3) is 0 Å². The molecule has 33 heavy (non-hydrogen) atoms. The molecule has 4 aliphatic carbocycles. The Bertz CT molecular complexity index is 684. The van der Waals surface area contributed by atoms with E-state index >= 15 is 0 Å². The standard InChI is InChI=1S/C33H56/c1-7-8-9-10-14-26-19-21-32(5)27(23-26)15-16-28-30-18-17-29(25(4)13-11-12-24(2)3)33(30,6)22-20-31(28)32/h7,15,24-26,28-31H,1,8-14,16-23H2,2-6H3. The number of hydrogen-bond acceptors (Lipinski definition) is 0. The first kappa shape index (κ1) is 25.6. The van der Waals surface area contributed by atoms with Crippen LogP contribution in [0.25, 0.3) is 0 Å². The van der Waals surface area contributed by atoms with Gasteiger partial charge in [-0.3, -0.25) is 0 Å². The summed E-state index contributed by atoms with van der Waals surface area (Å²) in [4.78, 5) is 0. The second-order valence-electron chi connectivity index (χ2n) is 14.0. The molecule has 0 nitrogen and oxygen atoms in total. The molecule has 4 aliphatic rings. The summed E-state index contributed by atoms with van der Waals surface area (Å²) in [5.74, 6) is 6.70. The lowest BCUT2D eigenvalue weighted by Gasteiger charge is -2.58. The van der Waals surface area contributed by atoms with E-state index in [9.17, 15) is 0 Å². The van der Waals surface area contributed by atoms with E-state index < -0.39 is 0 Å². The van der Waals surface area contributed by atoms with Gasteiger partial charge in [0, 0.05) is 0 Å². The molecule has 8 atom stereocenters. The summed E-state index contributed by atoms with van der Waals surface area (Å²) in [5, 5.41) is 0. The van der Waals surface area contributed by atoms with Crippen LogP contribution in [-0.2, 0) is 0 Å². The number of rotatable bonds is 10. The predicted octanol–water partition coefficient (Wildman–Crippen LogP) is 10.4. The van der Waals surface area contributed by atoms with Gasteiger partial charge in [0.15, 0.2) is 0 Å². The highest BCUT2D eigenvalue weighted by Gasteiger charge is 2.59. The third-order valence-electron chi connectivity index (χ3n) is 11.7. The highest BCUT2D eigenvalue weighted by molar-refractivity contribution is 5.25. The molecule has 0 saturated heterocycles. The van der Waals surface area contributed by atoms with Crippen molar-refractivity contribution in [2.45, 2.75) is 131 Å². The first-order chi connectivity index (χ1) is 15.8. The van der Waals surface area contributed by atoms with Gasteiger partial charge >= 0.3 is 0 Å². The highest BCUT2D eigenvalue weighted by atomic mass is 14.6. The molecule has 4 rings (SSSR count). The molecule has 0 aromatic carbocycles. The molecular formula is C33H56. The van der Waals surface area contributed by atoms with Crippen LogP contribution >= 0.6 is 0 Å². The summed E-state index contributed by atoms with van der Waals surface area (Å²) in [6, 6.07) is 0. The van der Waals surface area contributed by atoms with Crippen molar-refractivity contribution in [3.63, 3.8) is 0 Å². The van der Waals surface area contributed by atoms with Crippen LogP contribution in [0.2, 0.25) is 0 Å². The Morgan fingerprint density at radius 2 is 1.79 bits per heavy atom. The van der Waals surface area contributed by atoms with Crippen LogP contribution < -0.4 is 0 Å². The van der Waals surface area contributed by atoms with E-state index in [2.05, 4.69) is 53.3 Å². The fourth-order valence-electron chi connectivity index (χ4n) is 9.73. The highest BCUT2D eigenvalue weighted by Crippen LogP contribution is 2.67. The van der Waals surface area contributed by atoms with Crippen LogP contribution in [0.4, 0.5) is 0 Å². The average Bonchev–Trinajstić information content (AvgIpc) is 3.14. The maximum atomic E-state index is 3.90. The third-order valence-corrected chi connectivity index (χ3v) is 11.7. The van der Waals surface area contributed by atoms with Crippen molar-refractivity contribution in [1.82, 2.24) is 0 Å². The summed E-state index contributed by atoms with van der Waals surface area (Å²) >= 11 is 0. The summed E-state index contributed by atoms with van der Waals surface area (Å²) in [7, 11) is 0. The fraction of sp³-hybridized carbons (Fsp3) is 0.879. The van der Waals surface area contributed by atoms with E-state index in [1.165, 1.54) is 96.3 Å². The van der Waals surface area contributed by atoms with E-state index in [4.69, 9.17) is 0 Å². The SMILES string of the molecule is C=CCCCCC1CCC2(C)C(=CCC3C2CCC2(C)C(C(C)CCCC(C)C)CCC32)C1. The minimum Gasteiger partial charge on any atom is -0.103 e. The van der Waals surface area contributed by atoms with Gasteiger partial charge < -0.3 is 0 Å². The molecule has 0 spiro atoms. The van der Waals surface area contributed by atoms with Gasteiger partial charge in [-0.05, 0) is 116 Å². The van der Waals surface area contributed by atoms with Crippen molar-refractivity contribution in [2.75, 3.05) is 0 Å². The first-order valence-electron chi connectivity index (χ1n) is 15.1. The Morgan fingerprint density at radius 1 is 0.970 bits per heavy atom. The van der Waals surface area contributed by atoms with Gasteiger partial charge in [0.2, 0.25) is 0 Å². The minimum atomic E-state index is 0.531. The summed E-state index contributed by atoms with van der Waals surface area (Å²) in [6.45, 7) is 16.7. The quantitative estimate of drug-likeness (QED) is 0.228. The zero-order valence-electron chi connectivity index (χ0n) is 23.0. The fourth-order valence-corrected chi connectivity index (χ4v) is 9.73. The molecule has 188 valence electrons. The molecule has 0 heteroatoms. The molecule has 3 saturated carbocycles. The van der Waals surface area contributed by atoms with Gasteiger partial charge in [-0.15, -0.1) is 6.58 Å². The van der Waals surface area contributed by atoms with Crippen molar-refractivity contribution in [3.05, 3.63) is 24.3 Å². The molecule has 0 aromatic rings. The third kappa shape index (κ3) is 5.07. The van der Waals surface area contributed by atoms with Crippen LogP contribution in [0, 0.1) is 52.3 Å². The van der Waals surface area contributed by atoms with Crippen molar-refractivity contribution in [3.8, 4) is 0 Å². The maximum absolute atomic E-state index is 3.90. The van der Waals surface area contributed by atoms with Gasteiger partial charge in [0.05, 0.1) is 0 Å². The Morgan fingerprint density at radius 3 is 2.55 bits per heavy atom. The van der Waals surface area contributed by atoms with Crippen molar-refractivity contribution in [1.29, 1.82) is 0 Å². The van der Waals surface area contributed by atoms with Gasteiger partial charge in [-0.2, -0.15) is 0 Å². The van der Waals surface area contributed by atoms with Gasteiger partial charge in [-0.25, -0.2) is 0 Å². The van der Waals surface area contributed by atoms with E-state index in [-0.39, 0.29) is 0 Å². The molecule has 0 aromatic heterocycles. The second-order valence-corrected chi connectivity index (χ2v) is 14.0. The lowest BCUT2D eigenvalue weighted by atomic mass is 9.46. The zero-order chi connectivity index (χ0) is 23.6. The van der Waals surface area contributed by atoms with E-state index in [1.54, 1.807) is 0 Å². The Kier molecular flexibility index (Phi) is 8.23. The molecule has 8 unspecified atom stereocenters. The lowest BCUT2D eigenvalue weighted by molar-refractivity contribution is -0.0529. The second kappa shape index (κ2) is 10.6. The largest absolute Gasteiger partial charge is 0.103 e. The van der Waals surface area contributed by atoms with Crippen LogP contribution in [0.5, 0.6) is 0 Å². The van der Waals surface area contributed by atoms with Crippen molar-refractivity contribution < 1.29 is 0 Å². The van der Waals surface area contributed by atoms with Crippen LogP contribution in [0.3, 0.4) is 0 Å². The molecule has 0 aliphatic heterocycles. The first-order valence-corrected chi connectivity index (χ1v) is 15.1. The Hall–Kier alpha value is -0.520. The molecule has 0 radical (unpaired) electrons. The normalized spacial score (nSPS) is 41.2. The lowest BCUT2D eigenvalue weighted by Crippen LogP contribution is -2.50. The minimum absolute atomic E-state index is 0.531. The van der Waals surface area contributed by atoms with Crippen molar-refractivity contribution in [2.24, 2.45) is 52.3 Å². The summed E-state index contributed by atoms with van der Waals surface area (Å²) in [5.41, 5.74) is 3.05. The molecule has 0 amide bonds. The number of unbranched alkanes of at least 4 members (excludes halogenated alkanes) is 2. The van der Waals surface area contributed by atoms with Gasteiger partial charge in [-0.1, -0.05) is 84.4 Å². The van der Waals surface area contributed by atoms with E-state index in [0.717, 1.165) is 41.4 Å². The Balaban J connectivity index is 1.40. The van der Waals surface area contributed by atoms with E-state index in [1.807, 2.05) is 5.57 Å². The monoisotopic (exact) mass is 452 g/mol. The zero-order valence-corrected chi connectivity index (χ0v) is 23.0. The smallest absolute Gasteiger partial charge is 0.00851 e. The average molecular weight is 453 g/mol. The maximum Gasteiger partial charge on any atom is -0.00851 e. The van der Waals surface area contributed by atoms with Crippen LogP contribution in [0.1, 0.15) is 131 Å². The van der Waals surface area contributed by atoms with E-state index in [0.29, 0.717) is 10.8 Å². The molecular weight excluding hydrogens is 396 g/mol. The summed E-state index contributed by atoms with van der Waals surface area (Å²) < 4.78 is 0. The van der Waals surface area contributed by atoms with Crippen LogP contribution in [-0.4, -0.2) is 0 Å². The number of fused-ring (bicyclic) bond motifs is 5. The molecule has 0 heterocycles. The van der Waals surface area contributed by atoms with Gasteiger partial charge in [0.1, 0.15) is 0 Å². The molecule has 3 fully saturated rings. The van der Waals surface area contributed by atoms with Crippen LogP contribution in [0.15, 0.2) is 24.3 Å². The number of hydrogen-bond donors (Lipinski definition) is 0. The predicted molar refractivity (Wildman–Crippen MR) is 145 cm³/mol. The molecule has 0 N–H and O–H groups in total. The number of allylic oxidation sites excluding steroid dienone is 3.